The molecule has 1 aliphatic rings. The van der Waals surface area contributed by atoms with E-state index in [1.165, 1.54) is 23.5 Å². The van der Waals surface area contributed by atoms with Crippen molar-refractivity contribution >= 4 is 10.0 Å². The van der Waals surface area contributed by atoms with Gasteiger partial charge >= 0.3 is 0 Å². The van der Waals surface area contributed by atoms with Crippen molar-refractivity contribution in [1.29, 1.82) is 0 Å². The van der Waals surface area contributed by atoms with Gasteiger partial charge in [0.15, 0.2) is 0 Å². The first-order valence-electron chi connectivity index (χ1n) is 8.05. The van der Waals surface area contributed by atoms with Crippen molar-refractivity contribution in [3.8, 4) is 5.75 Å². The molecule has 1 fully saturated rings. The number of sulfonamides is 1. The van der Waals surface area contributed by atoms with E-state index in [1.807, 2.05) is 7.05 Å². The van der Waals surface area contributed by atoms with Gasteiger partial charge in [0.1, 0.15) is 23.1 Å². The summed E-state index contributed by atoms with van der Waals surface area (Å²) in [6, 6.07) is 3.58. The molecule has 0 amide bonds. The molecule has 1 saturated heterocycles. The van der Waals surface area contributed by atoms with Gasteiger partial charge in [-0.1, -0.05) is 0 Å². The Hall–Kier alpha value is -1.22. The van der Waals surface area contributed by atoms with Crippen LogP contribution in [0.15, 0.2) is 23.1 Å². The molecule has 136 valence electrons. The number of hydrogen-bond donors (Lipinski definition) is 1. The molecule has 1 N–H and O–H groups in total. The summed E-state index contributed by atoms with van der Waals surface area (Å²) in [4.78, 5) is -0.122. The van der Waals surface area contributed by atoms with Gasteiger partial charge in [0.25, 0.3) is 0 Å². The fourth-order valence-electron chi connectivity index (χ4n) is 2.88. The molecule has 24 heavy (non-hydrogen) atoms. The highest BCUT2D eigenvalue weighted by atomic mass is 32.2. The highest BCUT2D eigenvalue weighted by Crippen LogP contribution is 2.30. The van der Waals surface area contributed by atoms with Crippen molar-refractivity contribution < 1.29 is 22.3 Å². The first-order chi connectivity index (χ1) is 11.5. The molecule has 0 saturated carbocycles. The van der Waals surface area contributed by atoms with Crippen LogP contribution in [0.5, 0.6) is 5.75 Å². The van der Waals surface area contributed by atoms with Crippen molar-refractivity contribution in [3.63, 3.8) is 0 Å². The minimum absolute atomic E-state index is 0.122. The molecule has 6 nitrogen and oxygen atoms in total. The fraction of sp³-hybridized carbons (Fsp3) is 0.625. The van der Waals surface area contributed by atoms with Gasteiger partial charge in [-0.25, -0.2) is 12.8 Å². The number of halogens is 1. The lowest BCUT2D eigenvalue weighted by atomic mass is 10.00. The third-order valence-corrected chi connectivity index (χ3v) is 5.93. The number of ether oxygens (including phenoxy) is 2. The Labute approximate surface area is 143 Å². The second-order valence-electron chi connectivity index (χ2n) is 5.86. The Balaban J connectivity index is 2.25. The van der Waals surface area contributed by atoms with Gasteiger partial charge in [-0.3, -0.25) is 0 Å². The van der Waals surface area contributed by atoms with Crippen LogP contribution in [0.4, 0.5) is 4.39 Å². The molecule has 2 rings (SSSR count). The number of benzene rings is 1. The van der Waals surface area contributed by atoms with Crippen molar-refractivity contribution in [2.75, 3.05) is 47.0 Å². The molecule has 1 aliphatic heterocycles. The number of rotatable bonds is 8. The van der Waals surface area contributed by atoms with E-state index in [-0.39, 0.29) is 23.2 Å². The topological polar surface area (TPSA) is 67.9 Å². The van der Waals surface area contributed by atoms with E-state index in [0.29, 0.717) is 19.7 Å². The summed E-state index contributed by atoms with van der Waals surface area (Å²) in [6.45, 7) is 2.15. The monoisotopic (exact) mass is 360 g/mol. The molecule has 0 bridgehead atoms. The quantitative estimate of drug-likeness (QED) is 0.711. The predicted molar refractivity (Wildman–Crippen MR) is 89.2 cm³/mol. The minimum Gasteiger partial charge on any atom is -0.490 e. The lowest BCUT2D eigenvalue weighted by molar-refractivity contribution is 0.144. The number of methoxy groups -OCH3 is 1. The molecule has 0 aromatic heterocycles. The SMILES string of the molecule is CNCC1CCCN(S(=O)(=O)c2cc(F)ccc2OCCOC)C1. The number of nitrogens with zero attached hydrogens (tertiary/aromatic N) is 1. The molecule has 1 atom stereocenters. The lowest BCUT2D eigenvalue weighted by Crippen LogP contribution is -2.42. The Morgan fingerprint density at radius 1 is 1.38 bits per heavy atom. The Morgan fingerprint density at radius 2 is 2.17 bits per heavy atom. The van der Waals surface area contributed by atoms with E-state index >= 15 is 0 Å². The summed E-state index contributed by atoms with van der Waals surface area (Å²) in [6.07, 6.45) is 1.77. The van der Waals surface area contributed by atoms with Crippen molar-refractivity contribution in [2.24, 2.45) is 5.92 Å². The number of nitrogens with one attached hydrogen (secondary N) is 1. The Kier molecular flexibility index (Phi) is 6.97. The molecule has 8 heteroatoms. The van der Waals surface area contributed by atoms with E-state index in [0.717, 1.165) is 25.5 Å². The van der Waals surface area contributed by atoms with Crippen molar-refractivity contribution in [3.05, 3.63) is 24.0 Å². The first-order valence-corrected chi connectivity index (χ1v) is 9.49. The van der Waals surface area contributed by atoms with Crippen LogP contribution in [-0.2, 0) is 14.8 Å². The molecule has 1 aromatic carbocycles. The van der Waals surface area contributed by atoms with Gasteiger partial charge in [-0.2, -0.15) is 4.31 Å². The lowest BCUT2D eigenvalue weighted by Gasteiger charge is -2.32. The van der Waals surface area contributed by atoms with Gasteiger partial charge in [0.2, 0.25) is 10.0 Å². The summed E-state index contributed by atoms with van der Waals surface area (Å²) >= 11 is 0. The second kappa shape index (κ2) is 8.75. The summed E-state index contributed by atoms with van der Waals surface area (Å²) in [5, 5.41) is 3.08. The van der Waals surface area contributed by atoms with Crippen LogP contribution in [0.25, 0.3) is 0 Å². The maximum absolute atomic E-state index is 13.7. The third kappa shape index (κ3) is 4.66. The fourth-order valence-corrected chi connectivity index (χ4v) is 4.57. The summed E-state index contributed by atoms with van der Waals surface area (Å²) < 4.78 is 51.4. The van der Waals surface area contributed by atoms with Crippen LogP contribution in [-0.4, -0.2) is 59.7 Å². The zero-order valence-corrected chi connectivity index (χ0v) is 14.9. The van der Waals surface area contributed by atoms with E-state index in [4.69, 9.17) is 9.47 Å². The molecule has 1 unspecified atom stereocenters. The van der Waals surface area contributed by atoms with Crippen molar-refractivity contribution in [2.45, 2.75) is 17.7 Å². The van der Waals surface area contributed by atoms with Crippen LogP contribution in [0.1, 0.15) is 12.8 Å². The van der Waals surface area contributed by atoms with Crippen LogP contribution < -0.4 is 10.1 Å². The average molecular weight is 360 g/mol. The highest BCUT2D eigenvalue weighted by molar-refractivity contribution is 7.89. The van der Waals surface area contributed by atoms with Crippen LogP contribution in [0.3, 0.4) is 0 Å². The first kappa shape index (κ1) is 19.1. The van der Waals surface area contributed by atoms with Gasteiger partial charge in [-0.05, 0) is 50.6 Å². The molecule has 1 aromatic rings. The van der Waals surface area contributed by atoms with E-state index in [9.17, 15) is 12.8 Å². The van der Waals surface area contributed by atoms with Crippen LogP contribution in [0.2, 0.25) is 0 Å². The van der Waals surface area contributed by atoms with E-state index < -0.39 is 15.8 Å². The molecular weight excluding hydrogens is 335 g/mol. The second-order valence-corrected chi connectivity index (χ2v) is 7.77. The molecule has 0 spiro atoms. The normalized spacial score (nSPS) is 19.4. The predicted octanol–water partition coefficient (Wildman–Crippen LogP) is 1.47. The summed E-state index contributed by atoms with van der Waals surface area (Å²) in [5.41, 5.74) is 0. The summed E-state index contributed by atoms with van der Waals surface area (Å²) in [7, 11) is -0.426. The zero-order valence-electron chi connectivity index (χ0n) is 14.1. The number of piperidine rings is 1. The maximum Gasteiger partial charge on any atom is 0.246 e. The van der Waals surface area contributed by atoms with E-state index in [1.54, 1.807) is 0 Å². The Morgan fingerprint density at radius 3 is 2.88 bits per heavy atom. The Bertz CT molecular complexity index is 637. The van der Waals surface area contributed by atoms with Crippen LogP contribution >= 0.6 is 0 Å². The zero-order chi connectivity index (χ0) is 17.6. The minimum atomic E-state index is -3.80. The number of hydrogen-bond acceptors (Lipinski definition) is 5. The standard InChI is InChI=1S/C16H25FN2O4S/c1-18-11-13-4-3-7-19(12-13)24(20,21)16-10-14(17)5-6-15(16)23-9-8-22-2/h5-6,10,13,18H,3-4,7-9,11-12H2,1-2H3. The van der Waals surface area contributed by atoms with Crippen molar-refractivity contribution in [1.82, 2.24) is 9.62 Å². The maximum atomic E-state index is 13.7. The molecular formula is C16H25FN2O4S. The van der Waals surface area contributed by atoms with Gasteiger partial charge < -0.3 is 14.8 Å². The van der Waals surface area contributed by atoms with Gasteiger partial charge in [0.05, 0.1) is 6.61 Å². The largest absolute Gasteiger partial charge is 0.490 e. The summed E-state index contributed by atoms with van der Waals surface area (Å²) in [5.74, 6) is -0.189. The highest BCUT2D eigenvalue weighted by Gasteiger charge is 2.32. The van der Waals surface area contributed by atoms with Crippen LogP contribution in [0, 0.1) is 11.7 Å². The van der Waals surface area contributed by atoms with E-state index in [2.05, 4.69) is 5.32 Å². The molecule has 0 aliphatic carbocycles. The third-order valence-electron chi connectivity index (χ3n) is 4.04. The van der Waals surface area contributed by atoms with Gasteiger partial charge in [0, 0.05) is 20.2 Å². The molecule has 1 heterocycles. The smallest absolute Gasteiger partial charge is 0.246 e. The molecule has 0 radical (unpaired) electrons. The van der Waals surface area contributed by atoms with Gasteiger partial charge in [-0.15, -0.1) is 0 Å². The average Bonchev–Trinajstić information content (AvgIpc) is 2.57.